The fraction of sp³-hybridized carbons (Fsp3) is 0.484. The Kier molecular flexibility index (Phi) is 13.8. The molecule has 0 atom stereocenters. The Hall–Kier alpha value is -3.48. The summed E-state index contributed by atoms with van der Waals surface area (Å²) in [5, 5.41) is 0.862. The highest BCUT2D eigenvalue weighted by atomic mass is 16.5. The number of anilines is 2. The lowest BCUT2D eigenvalue weighted by molar-refractivity contribution is -0.140. The van der Waals surface area contributed by atoms with Crippen molar-refractivity contribution in [2.45, 2.75) is 71.6 Å². The molecule has 0 unspecified atom stereocenters. The third-order valence-electron chi connectivity index (χ3n) is 6.28. The van der Waals surface area contributed by atoms with E-state index in [0.29, 0.717) is 30.1 Å². The second-order valence-electron chi connectivity index (χ2n) is 8.84. The van der Waals surface area contributed by atoms with Gasteiger partial charge in [0.2, 0.25) is 0 Å². The summed E-state index contributed by atoms with van der Waals surface area (Å²) < 4.78 is 21.6. The zero-order valence-electron chi connectivity index (χ0n) is 23.6. The Morgan fingerprint density at radius 3 is 2.18 bits per heavy atom. The normalized spacial score (nSPS) is 10.4. The van der Waals surface area contributed by atoms with E-state index in [1.54, 1.807) is 13.2 Å². The van der Waals surface area contributed by atoms with Crippen LogP contribution in [0.25, 0.3) is 11.0 Å². The van der Waals surface area contributed by atoms with Crippen LogP contribution in [0.5, 0.6) is 11.5 Å². The van der Waals surface area contributed by atoms with E-state index < -0.39 is 0 Å². The van der Waals surface area contributed by atoms with Crippen LogP contribution in [0.3, 0.4) is 0 Å². The Morgan fingerprint density at radius 1 is 0.842 bits per heavy atom. The van der Waals surface area contributed by atoms with Crippen molar-refractivity contribution in [3.05, 3.63) is 59.0 Å². The molecular formula is C31H43NO6. The van der Waals surface area contributed by atoms with Crippen molar-refractivity contribution in [1.82, 2.24) is 0 Å². The predicted octanol–water partition coefficient (Wildman–Crippen LogP) is 7.66. The summed E-state index contributed by atoms with van der Waals surface area (Å²) >= 11 is 0. The van der Waals surface area contributed by atoms with Crippen LogP contribution in [0.4, 0.5) is 11.4 Å². The minimum absolute atomic E-state index is 0.120. The number of methoxy groups -OCH3 is 2. The van der Waals surface area contributed by atoms with Gasteiger partial charge in [-0.15, -0.1) is 0 Å². The minimum Gasteiger partial charge on any atom is -0.493 e. The quantitative estimate of drug-likeness (QED) is 0.114. The summed E-state index contributed by atoms with van der Waals surface area (Å²) in [5.41, 5.74) is 1.82. The molecule has 0 saturated carbocycles. The van der Waals surface area contributed by atoms with E-state index in [0.717, 1.165) is 48.9 Å². The van der Waals surface area contributed by atoms with E-state index in [2.05, 4.69) is 4.74 Å². The van der Waals surface area contributed by atoms with Gasteiger partial charge in [0.15, 0.2) is 11.5 Å². The van der Waals surface area contributed by atoms with Crippen molar-refractivity contribution in [3.8, 4) is 11.5 Å². The van der Waals surface area contributed by atoms with E-state index in [4.69, 9.17) is 13.9 Å². The van der Waals surface area contributed by atoms with Crippen LogP contribution in [0.2, 0.25) is 0 Å². The summed E-state index contributed by atoms with van der Waals surface area (Å²) in [6.45, 7) is 4.61. The summed E-state index contributed by atoms with van der Waals surface area (Å²) in [4.78, 5) is 25.2. The van der Waals surface area contributed by atoms with Gasteiger partial charge in [-0.25, -0.2) is 4.79 Å². The summed E-state index contributed by atoms with van der Waals surface area (Å²) in [7, 11) is 4.99. The lowest BCUT2D eigenvalue weighted by atomic mass is 10.1. The van der Waals surface area contributed by atoms with E-state index >= 15 is 0 Å². The van der Waals surface area contributed by atoms with E-state index in [1.807, 2.05) is 62.2 Å². The fourth-order valence-corrected chi connectivity index (χ4v) is 4.21. The number of carbonyl (C=O) groups is 1. The molecule has 7 nitrogen and oxygen atoms in total. The van der Waals surface area contributed by atoms with Crippen molar-refractivity contribution in [2.24, 2.45) is 0 Å². The number of hydrogen-bond donors (Lipinski definition) is 0. The lowest BCUT2D eigenvalue weighted by Gasteiger charge is -2.22. The van der Waals surface area contributed by atoms with Gasteiger partial charge in [0, 0.05) is 36.7 Å². The molecule has 0 radical (unpaired) electrons. The smallest absolute Gasteiger partial charge is 0.338 e. The number of unbranched alkanes of at least 4 members (excludes halogenated alkanes) is 7. The molecule has 7 heteroatoms. The number of esters is 1. The van der Waals surface area contributed by atoms with Crippen LogP contribution in [0, 0.1) is 0 Å². The van der Waals surface area contributed by atoms with Crippen LogP contribution in [-0.4, -0.2) is 33.8 Å². The highest BCUT2D eigenvalue weighted by Gasteiger charge is 2.14. The molecule has 0 spiro atoms. The largest absolute Gasteiger partial charge is 0.493 e. The first-order chi connectivity index (χ1) is 18.5. The first-order valence-electron chi connectivity index (χ1n) is 13.7. The molecule has 0 amide bonds. The second kappa shape index (κ2) is 17.1. The van der Waals surface area contributed by atoms with Gasteiger partial charge in [-0.1, -0.05) is 64.5 Å². The number of hydrogen-bond acceptors (Lipinski definition) is 7. The molecule has 0 aliphatic carbocycles. The lowest BCUT2D eigenvalue weighted by Crippen LogP contribution is -2.13. The van der Waals surface area contributed by atoms with Gasteiger partial charge in [0.25, 0.3) is 0 Å². The topological polar surface area (TPSA) is 78.2 Å². The van der Waals surface area contributed by atoms with Gasteiger partial charge >= 0.3 is 11.6 Å². The Labute approximate surface area is 226 Å². The standard InChI is InChI=1S/C29H37NO6.C2H6/c1-30(24-21-29(32)36-25-15-12-11-14-23(24)25)22-17-18-26(33-2)27(20-22)35-19-13-9-7-5-4-6-8-10-16-28(31)34-3;1-2/h11-12,14-15,17-18,20-21H,4-10,13,16,19H2,1-3H3;1-2H3. The van der Waals surface area contributed by atoms with Gasteiger partial charge < -0.3 is 23.5 Å². The third-order valence-corrected chi connectivity index (χ3v) is 6.28. The molecule has 38 heavy (non-hydrogen) atoms. The van der Waals surface area contributed by atoms with Gasteiger partial charge in [-0.3, -0.25) is 4.79 Å². The summed E-state index contributed by atoms with van der Waals surface area (Å²) in [6, 6.07) is 14.8. The average molecular weight is 526 g/mol. The van der Waals surface area contributed by atoms with Gasteiger partial charge in [-0.2, -0.15) is 0 Å². The second-order valence-corrected chi connectivity index (χ2v) is 8.84. The molecule has 0 bridgehead atoms. The van der Waals surface area contributed by atoms with Gasteiger partial charge in [0.1, 0.15) is 5.58 Å². The SMILES string of the molecule is CC.COC(=O)CCCCCCCCCCOc1cc(N(C)c2cc(=O)oc3ccccc23)ccc1OC. The summed E-state index contributed by atoms with van der Waals surface area (Å²) in [6.07, 6.45) is 9.29. The molecule has 0 aliphatic heterocycles. The van der Waals surface area contributed by atoms with Crippen molar-refractivity contribution >= 4 is 28.3 Å². The van der Waals surface area contributed by atoms with E-state index in [-0.39, 0.29) is 11.6 Å². The maximum atomic E-state index is 12.1. The molecule has 0 saturated heterocycles. The highest BCUT2D eigenvalue weighted by molar-refractivity contribution is 5.92. The van der Waals surface area contributed by atoms with Crippen molar-refractivity contribution < 1.29 is 23.4 Å². The molecule has 1 aromatic heterocycles. The van der Waals surface area contributed by atoms with E-state index in [1.165, 1.54) is 32.4 Å². The van der Waals surface area contributed by atoms with Crippen molar-refractivity contribution in [1.29, 1.82) is 0 Å². The number of carbonyl (C=O) groups excluding carboxylic acids is 1. The summed E-state index contributed by atoms with van der Waals surface area (Å²) in [5.74, 6) is 1.24. The zero-order valence-corrected chi connectivity index (χ0v) is 23.6. The number of ether oxygens (including phenoxy) is 3. The van der Waals surface area contributed by atoms with Gasteiger partial charge in [-0.05, 0) is 37.1 Å². The molecule has 0 fully saturated rings. The Balaban J connectivity index is 0.00000247. The molecule has 208 valence electrons. The maximum absolute atomic E-state index is 12.1. The molecule has 1 heterocycles. The molecule has 0 N–H and O–H groups in total. The number of fused-ring (bicyclic) bond motifs is 1. The third kappa shape index (κ3) is 9.43. The Bertz CT molecular complexity index is 1170. The first-order valence-corrected chi connectivity index (χ1v) is 13.7. The fourth-order valence-electron chi connectivity index (χ4n) is 4.21. The van der Waals surface area contributed by atoms with Crippen LogP contribution < -0.4 is 20.0 Å². The van der Waals surface area contributed by atoms with Crippen molar-refractivity contribution in [3.63, 3.8) is 0 Å². The molecule has 2 aromatic carbocycles. The van der Waals surface area contributed by atoms with Crippen molar-refractivity contribution in [2.75, 3.05) is 32.8 Å². The first kappa shape index (κ1) is 30.7. The minimum atomic E-state index is -0.387. The van der Waals surface area contributed by atoms with Crippen LogP contribution >= 0.6 is 0 Å². The van der Waals surface area contributed by atoms with Gasteiger partial charge in [0.05, 0.1) is 26.5 Å². The molecule has 3 rings (SSSR count). The number of rotatable bonds is 15. The molecular weight excluding hydrogens is 482 g/mol. The van der Waals surface area contributed by atoms with E-state index in [9.17, 15) is 9.59 Å². The molecule has 0 aliphatic rings. The number of nitrogens with zero attached hydrogens (tertiary/aromatic N) is 1. The Morgan fingerprint density at radius 2 is 1.50 bits per heavy atom. The van der Waals surface area contributed by atoms with Crippen LogP contribution in [0.1, 0.15) is 71.6 Å². The van der Waals surface area contributed by atoms with Crippen LogP contribution in [-0.2, 0) is 9.53 Å². The molecule has 3 aromatic rings. The number of para-hydroxylation sites is 1. The zero-order chi connectivity index (χ0) is 27.8. The number of benzene rings is 2. The maximum Gasteiger partial charge on any atom is 0.338 e. The monoisotopic (exact) mass is 525 g/mol. The highest BCUT2D eigenvalue weighted by Crippen LogP contribution is 2.36. The van der Waals surface area contributed by atoms with Crippen LogP contribution in [0.15, 0.2) is 57.7 Å². The predicted molar refractivity (Wildman–Crippen MR) is 154 cm³/mol. The average Bonchev–Trinajstić information content (AvgIpc) is 2.95.